The molecular weight excluding hydrogens is 146 g/mol. The van der Waals surface area contributed by atoms with Crippen molar-refractivity contribution in [2.45, 2.75) is 53.5 Å². The van der Waals surface area contributed by atoms with Gasteiger partial charge in [-0.05, 0) is 29.6 Å². The molecule has 72 valence electrons. The van der Waals surface area contributed by atoms with E-state index in [1.165, 1.54) is 12.8 Å². The third-order valence-corrected chi connectivity index (χ3v) is 4.86. The minimum absolute atomic E-state index is 0.340. The minimum Gasteiger partial charge on any atom is -0.327 e. The fourth-order valence-corrected chi connectivity index (χ4v) is 2.69. The fourth-order valence-electron chi connectivity index (χ4n) is 2.69. The summed E-state index contributed by atoms with van der Waals surface area (Å²) in [4.78, 5) is 0. The molecule has 1 aliphatic rings. The van der Waals surface area contributed by atoms with Gasteiger partial charge in [0.25, 0.3) is 0 Å². The predicted molar refractivity (Wildman–Crippen MR) is 53.9 cm³/mol. The molecule has 0 saturated heterocycles. The molecule has 0 radical (unpaired) electrons. The molecule has 2 N–H and O–H groups in total. The summed E-state index contributed by atoms with van der Waals surface area (Å²) in [5.74, 6) is 0.762. The molecule has 1 aliphatic carbocycles. The van der Waals surface area contributed by atoms with E-state index in [-0.39, 0.29) is 0 Å². The summed E-state index contributed by atoms with van der Waals surface area (Å²) in [5, 5.41) is 0. The zero-order valence-electron chi connectivity index (χ0n) is 9.15. The molecule has 1 saturated carbocycles. The van der Waals surface area contributed by atoms with E-state index in [1.807, 2.05) is 0 Å². The maximum atomic E-state index is 6.19. The van der Waals surface area contributed by atoms with Crippen molar-refractivity contribution in [2.24, 2.45) is 22.5 Å². The lowest BCUT2D eigenvalue weighted by molar-refractivity contribution is 0.0804. The second-order valence-electron chi connectivity index (χ2n) is 5.24. The molecule has 12 heavy (non-hydrogen) atoms. The summed E-state index contributed by atoms with van der Waals surface area (Å²) in [6.07, 6.45) is 2.39. The van der Waals surface area contributed by atoms with Crippen LogP contribution < -0.4 is 5.73 Å². The van der Waals surface area contributed by atoms with Gasteiger partial charge in [-0.3, -0.25) is 0 Å². The van der Waals surface area contributed by atoms with E-state index in [0.29, 0.717) is 16.9 Å². The van der Waals surface area contributed by atoms with Gasteiger partial charge in [0, 0.05) is 6.04 Å². The average molecular weight is 169 g/mol. The standard InChI is InChI=1S/C11H23N/c1-6-11(5)9(12)7-8(2)10(11,3)4/h8-9H,6-7,12H2,1-5H3. The van der Waals surface area contributed by atoms with Gasteiger partial charge in [-0.25, -0.2) is 0 Å². The lowest BCUT2D eigenvalue weighted by Gasteiger charge is -2.42. The van der Waals surface area contributed by atoms with Crippen molar-refractivity contribution in [3.63, 3.8) is 0 Å². The maximum Gasteiger partial charge on any atom is 0.0101 e. The van der Waals surface area contributed by atoms with E-state index in [1.54, 1.807) is 0 Å². The van der Waals surface area contributed by atoms with Crippen LogP contribution in [0, 0.1) is 16.7 Å². The van der Waals surface area contributed by atoms with Crippen molar-refractivity contribution in [3.8, 4) is 0 Å². The Morgan fingerprint density at radius 3 is 2.00 bits per heavy atom. The van der Waals surface area contributed by atoms with Crippen LogP contribution in [0.2, 0.25) is 0 Å². The van der Waals surface area contributed by atoms with Crippen LogP contribution in [0.3, 0.4) is 0 Å². The van der Waals surface area contributed by atoms with Crippen molar-refractivity contribution in [1.82, 2.24) is 0 Å². The van der Waals surface area contributed by atoms with Crippen molar-refractivity contribution in [3.05, 3.63) is 0 Å². The summed E-state index contributed by atoms with van der Waals surface area (Å²) in [7, 11) is 0. The first-order chi connectivity index (χ1) is 5.36. The summed E-state index contributed by atoms with van der Waals surface area (Å²) >= 11 is 0. The highest BCUT2D eigenvalue weighted by atomic mass is 14.8. The smallest absolute Gasteiger partial charge is 0.0101 e. The van der Waals surface area contributed by atoms with Gasteiger partial charge in [-0.15, -0.1) is 0 Å². The van der Waals surface area contributed by atoms with E-state index in [4.69, 9.17) is 5.73 Å². The van der Waals surface area contributed by atoms with Crippen LogP contribution in [0.25, 0.3) is 0 Å². The largest absolute Gasteiger partial charge is 0.327 e. The van der Waals surface area contributed by atoms with E-state index in [9.17, 15) is 0 Å². The molecule has 0 aromatic heterocycles. The van der Waals surface area contributed by atoms with Gasteiger partial charge in [0.2, 0.25) is 0 Å². The Morgan fingerprint density at radius 1 is 1.33 bits per heavy atom. The Hall–Kier alpha value is -0.0400. The summed E-state index contributed by atoms with van der Waals surface area (Å²) < 4.78 is 0. The maximum absolute atomic E-state index is 6.19. The quantitative estimate of drug-likeness (QED) is 0.642. The van der Waals surface area contributed by atoms with Crippen LogP contribution in [-0.4, -0.2) is 6.04 Å². The molecule has 3 atom stereocenters. The Kier molecular flexibility index (Phi) is 2.28. The minimum atomic E-state index is 0.340. The number of nitrogens with two attached hydrogens (primary N) is 1. The van der Waals surface area contributed by atoms with Gasteiger partial charge >= 0.3 is 0 Å². The van der Waals surface area contributed by atoms with Gasteiger partial charge in [-0.2, -0.15) is 0 Å². The summed E-state index contributed by atoms with van der Waals surface area (Å²) in [6.45, 7) is 11.7. The van der Waals surface area contributed by atoms with Crippen LogP contribution in [-0.2, 0) is 0 Å². The van der Waals surface area contributed by atoms with E-state index < -0.39 is 0 Å². The molecule has 0 spiro atoms. The monoisotopic (exact) mass is 169 g/mol. The molecule has 1 rings (SSSR count). The molecule has 1 fully saturated rings. The predicted octanol–water partition coefficient (Wildman–Crippen LogP) is 2.80. The van der Waals surface area contributed by atoms with Crippen LogP contribution in [0.4, 0.5) is 0 Å². The zero-order valence-corrected chi connectivity index (χ0v) is 9.15. The van der Waals surface area contributed by atoms with Crippen LogP contribution in [0.5, 0.6) is 0 Å². The molecule has 3 unspecified atom stereocenters. The molecular formula is C11H23N. The molecule has 0 amide bonds. The molecule has 0 aliphatic heterocycles. The summed E-state index contributed by atoms with van der Waals surface area (Å²) in [5.41, 5.74) is 6.93. The van der Waals surface area contributed by atoms with Gasteiger partial charge in [0.1, 0.15) is 0 Å². The third kappa shape index (κ3) is 1.02. The second kappa shape index (κ2) is 2.73. The van der Waals surface area contributed by atoms with Crippen LogP contribution >= 0.6 is 0 Å². The molecule has 1 heteroatoms. The Labute approximate surface area is 76.7 Å². The third-order valence-electron chi connectivity index (χ3n) is 4.86. The van der Waals surface area contributed by atoms with Crippen LogP contribution in [0.15, 0.2) is 0 Å². The van der Waals surface area contributed by atoms with E-state index >= 15 is 0 Å². The highest BCUT2D eigenvalue weighted by Gasteiger charge is 2.52. The summed E-state index contributed by atoms with van der Waals surface area (Å²) in [6, 6.07) is 0.396. The molecule has 0 bridgehead atoms. The van der Waals surface area contributed by atoms with Crippen molar-refractivity contribution < 1.29 is 0 Å². The van der Waals surface area contributed by atoms with Gasteiger partial charge in [-0.1, -0.05) is 34.6 Å². The van der Waals surface area contributed by atoms with Crippen molar-refractivity contribution in [1.29, 1.82) is 0 Å². The topological polar surface area (TPSA) is 26.0 Å². The molecule has 1 nitrogen and oxygen atoms in total. The fraction of sp³-hybridized carbons (Fsp3) is 1.00. The van der Waals surface area contributed by atoms with Crippen LogP contribution in [0.1, 0.15) is 47.5 Å². The molecule has 0 aromatic rings. The highest BCUT2D eigenvalue weighted by molar-refractivity contribution is 5.05. The molecule has 0 aromatic carbocycles. The second-order valence-corrected chi connectivity index (χ2v) is 5.24. The number of hydrogen-bond acceptors (Lipinski definition) is 1. The Balaban J connectivity index is 2.98. The Morgan fingerprint density at radius 2 is 1.83 bits per heavy atom. The average Bonchev–Trinajstić information content (AvgIpc) is 2.14. The number of hydrogen-bond donors (Lipinski definition) is 1. The highest BCUT2D eigenvalue weighted by Crippen LogP contribution is 2.56. The van der Waals surface area contributed by atoms with E-state index in [0.717, 1.165) is 5.92 Å². The lowest BCUT2D eigenvalue weighted by Crippen LogP contribution is -2.42. The first kappa shape index (κ1) is 10.0. The zero-order chi connectivity index (χ0) is 9.57. The normalized spacial score (nSPS) is 46.5. The van der Waals surface area contributed by atoms with E-state index in [2.05, 4.69) is 34.6 Å². The van der Waals surface area contributed by atoms with Gasteiger partial charge in [0.15, 0.2) is 0 Å². The Bertz CT molecular complexity index is 174. The van der Waals surface area contributed by atoms with Crippen molar-refractivity contribution in [2.75, 3.05) is 0 Å². The first-order valence-electron chi connectivity index (χ1n) is 5.12. The van der Waals surface area contributed by atoms with Crippen molar-refractivity contribution >= 4 is 0 Å². The van der Waals surface area contributed by atoms with Gasteiger partial charge in [0.05, 0.1) is 0 Å². The first-order valence-corrected chi connectivity index (χ1v) is 5.12. The van der Waals surface area contributed by atoms with Gasteiger partial charge < -0.3 is 5.73 Å². The molecule has 0 heterocycles. The number of rotatable bonds is 1. The SMILES string of the molecule is CCC1(C)C(N)CC(C)C1(C)C. The lowest BCUT2D eigenvalue weighted by atomic mass is 9.64.